The Morgan fingerprint density at radius 1 is 0.824 bits per heavy atom. The van der Waals surface area contributed by atoms with E-state index >= 15 is 0 Å². The molecule has 0 aliphatic heterocycles. The fourth-order valence-electron chi connectivity index (χ4n) is 3.79. The Kier molecular flexibility index (Phi) is 6.92. The van der Waals surface area contributed by atoms with Crippen LogP contribution in [0, 0.1) is 0 Å². The molecule has 0 unspecified atom stereocenters. The number of carbonyl (C=O) groups is 1. The molecular formula is C27H28N2O5. The number of nitrogens with zero attached hydrogens (tertiary/aromatic N) is 1. The number of fused-ring (bicyclic) bond motifs is 1. The van der Waals surface area contributed by atoms with E-state index < -0.39 is 0 Å². The van der Waals surface area contributed by atoms with Gasteiger partial charge in [-0.2, -0.15) is 0 Å². The second-order valence-corrected chi connectivity index (χ2v) is 7.90. The van der Waals surface area contributed by atoms with Gasteiger partial charge < -0.3 is 28.8 Å². The number of hydrogen-bond donors (Lipinski definition) is 1. The lowest BCUT2D eigenvalue weighted by atomic mass is 10.1. The lowest BCUT2D eigenvalue weighted by molar-refractivity contribution is 0.0780. The molecule has 0 aliphatic carbocycles. The third-order valence-corrected chi connectivity index (χ3v) is 5.58. The zero-order valence-corrected chi connectivity index (χ0v) is 19.8. The SMILES string of the molecule is COc1cc(OC)c2[nH]c(C(=O)N(C)Cc3ccc(OCc4ccccc4)c(OC)c3)cc2c1. The van der Waals surface area contributed by atoms with Crippen molar-refractivity contribution in [3.8, 4) is 23.0 Å². The molecule has 0 spiro atoms. The van der Waals surface area contributed by atoms with Crippen LogP contribution < -0.4 is 18.9 Å². The summed E-state index contributed by atoms with van der Waals surface area (Å²) in [5.41, 5.74) is 3.22. The third-order valence-electron chi connectivity index (χ3n) is 5.58. The summed E-state index contributed by atoms with van der Waals surface area (Å²) in [5, 5.41) is 0.842. The van der Waals surface area contributed by atoms with Gasteiger partial charge in [0.1, 0.15) is 23.8 Å². The van der Waals surface area contributed by atoms with Crippen LogP contribution in [0.2, 0.25) is 0 Å². The summed E-state index contributed by atoms with van der Waals surface area (Å²) in [7, 11) is 6.55. The van der Waals surface area contributed by atoms with E-state index in [9.17, 15) is 4.79 Å². The highest BCUT2D eigenvalue weighted by atomic mass is 16.5. The molecular weight excluding hydrogens is 432 g/mol. The van der Waals surface area contributed by atoms with E-state index in [-0.39, 0.29) is 5.91 Å². The van der Waals surface area contributed by atoms with Gasteiger partial charge >= 0.3 is 0 Å². The van der Waals surface area contributed by atoms with Gasteiger partial charge in [-0.05, 0) is 35.4 Å². The molecule has 0 saturated heterocycles. The first-order valence-corrected chi connectivity index (χ1v) is 10.9. The minimum absolute atomic E-state index is 0.138. The van der Waals surface area contributed by atoms with Gasteiger partial charge in [-0.3, -0.25) is 4.79 Å². The first-order chi connectivity index (χ1) is 16.5. The fourth-order valence-corrected chi connectivity index (χ4v) is 3.79. The van der Waals surface area contributed by atoms with Gasteiger partial charge in [0.25, 0.3) is 5.91 Å². The summed E-state index contributed by atoms with van der Waals surface area (Å²) in [4.78, 5) is 17.9. The van der Waals surface area contributed by atoms with Crippen LogP contribution >= 0.6 is 0 Å². The Labute approximate surface area is 198 Å². The maximum absolute atomic E-state index is 13.1. The quantitative estimate of drug-likeness (QED) is 0.379. The van der Waals surface area contributed by atoms with Crippen LogP contribution in [0.25, 0.3) is 10.9 Å². The average Bonchev–Trinajstić information content (AvgIpc) is 3.31. The van der Waals surface area contributed by atoms with Gasteiger partial charge in [0, 0.05) is 25.0 Å². The van der Waals surface area contributed by atoms with E-state index in [4.69, 9.17) is 18.9 Å². The molecule has 7 nitrogen and oxygen atoms in total. The average molecular weight is 461 g/mol. The molecule has 0 fully saturated rings. The maximum atomic E-state index is 13.1. The van der Waals surface area contributed by atoms with Gasteiger partial charge in [0.05, 0.1) is 26.8 Å². The Bertz CT molecular complexity index is 1280. The van der Waals surface area contributed by atoms with Crippen molar-refractivity contribution in [1.29, 1.82) is 0 Å². The summed E-state index contributed by atoms with van der Waals surface area (Å²) in [6.07, 6.45) is 0. The molecule has 0 saturated carbocycles. The second kappa shape index (κ2) is 10.2. The number of hydrogen-bond acceptors (Lipinski definition) is 5. The van der Waals surface area contributed by atoms with Crippen LogP contribution in [0.5, 0.6) is 23.0 Å². The van der Waals surface area contributed by atoms with Gasteiger partial charge in [-0.1, -0.05) is 36.4 Å². The van der Waals surface area contributed by atoms with Crippen LogP contribution in [-0.4, -0.2) is 44.2 Å². The summed E-state index contributed by atoms with van der Waals surface area (Å²) >= 11 is 0. The normalized spacial score (nSPS) is 10.7. The summed E-state index contributed by atoms with van der Waals surface area (Å²) in [6.45, 7) is 0.855. The van der Waals surface area contributed by atoms with Crippen LogP contribution in [0.1, 0.15) is 21.6 Å². The van der Waals surface area contributed by atoms with Crippen molar-refractivity contribution >= 4 is 16.8 Å². The molecule has 1 aromatic heterocycles. The number of aromatic nitrogens is 1. The molecule has 0 atom stereocenters. The smallest absolute Gasteiger partial charge is 0.270 e. The Morgan fingerprint density at radius 2 is 1.59 bits per heavy atom. The number of amides is 1. The highest BCUT2D eigenvalue weighted by Gasteiger charge is 2.18. The van der Waals surface area contributed by atoms with Crippen LogP contribution in [0.3, 0.4) is 0 Å². The minimum Gasteiger partial charge on any atom is -0.497 e. The Hall–Kier alpha value is -4.13. The van der Waals surface area contributed by atoms with Crippen molar-refractivity contribution in [2.24, 2.45) is 0 Å². The number of methoxy groups -OCH3 is 3. The Balaban J connectivity index is 1.48. The first-order valence-electron chi connectivity index (χ1n) is 10.9. The zero-order valence-electron chi connectivity index (χ0n) is 19.8. The monoisotopic (exact) mass is 460 g/mol. The molecule has 1 N–H and O–H groups in total. The van der Waals surface area contributed by atoms with Crippen LogP contribution in [0.15, 0.2) is 66.7 Å². The van der Waals surface area contributed by atoms with E-state index in [1.54, 1.807) is 45.4 Å². The van der Waals surface area contributed by atoms with Gasteiger partial charge in [0.15, 0.2) is 11.5 Å². The molecule has 3 aromatic carbocycles. The van der Waals surface area contributed by atoms with Crippen molar-refractivity contribution < 1.29 is 23.7 Å². The van der Waals surface area contributed by atoms with E-state index in [0.29, 0.717) is 41.8 Å². The lowest BCUT2D eigenvalue weighted by Crippen LogP contribution is -2.26. The number of nitrogens with one attached hydrogen (secondary N) is 1. The van der Waals surface area contributed by atoms with Crippen molar-refractivity contribution in [2.45, 2.75) is 13.2 Å². The number of ether oxygens (including phenoxy) is 4. The predicted molar refractivity (Wildman–Crippen MR) is 131 cm³/mol. The topological polar surface area (TPSA) is 73.0 Å². The largest absolute Gasteiger partial charge is 0.497 e. The second-order valence-electron chi connectivity index (χ2n) is 7.90. The molecule has 7 heteroatoms. The number of rotatable bonds is 9. The summed E-state index contributed by atoms with van der Waals surface area (Å²) in [5.74, 6) is 2.42. The lowest BCUT2D eigenvalue weighted by Gasteiger charge is -2.18. The molecule has 4 aromatic rings. The van der Waals surface area contributed by atoms with Crippen molar-refractivity contribution in [1.82, 2.24) is 9.88 Å². The standard InChI is InChI=1S/C27H28N2O5/c1-29(27(30)22-14-20-13-21(31-2)15-25(33-4)26(20)28-22)16-19-10-11-23(24(12-19)32-3)34-17-18-8-6-5-7-9-18/h5-15,28H,16-17H2,1-4H3. The van der Waals surface area contributed by atoms with E-state index in [2.05, 4.69) is 4.98 Å². The van der Waals surface area contributed by atoms with E-state index in [1.165, 1.54) is 0 Å². The molecule has 0 aliphatic rings. The van der Waals surface area contributed by atoms with Gasteiger partial charge in [-0.25, -0.2) is 0 Å². The zero-order chi connectivity index (χ0) is 24.1. The third kappa shape index (κ3) is 4.93. The van der Waals surface area contributed by atoms with Crippen molar-refractivity contribution in [3.05, 3.63) is 83.6 Å². The predicted octanol–water partition coefficient (Wildman–Crippen LogP) is 5.04. The van der Waals surface area contributed by atoms with Gasteiger partial charge in [-0.15, -0.1) is 0 Å². The summed E-state index contributed by atoms with van der Waals surface area (Å²) in [6, 6.07) is 21.1. The molecule has 1 amide bonds. The maximum Gasteiger partial charge on any atom is 0.270 e. The number of aromatic amines is 1. The summed E-state index contributed by atoms with van der Waals surface area (Å²) < 4.78 is 22.2. The Morgan fingerprint density at radius 3 is 2.29 bits per heavy atom. The molecule has 0 radical (unpaired) electrons. The molecule has 0 bridgehead atoms. The molecule has 1 heterocycles. The van der Waals surface area contributed by atoms with Gasteiger partial charge in [0.2, 0.25) is 0 Å². The number of benzene rings is 3. The molecule has 4 rings (SSSR count). The van der Waals surface area contributed by atoms with Crippen LogP contribution in [-0.2, 0) is 13.2 Å². The van der Waals surface area contributed by atoms with E-state index in [0.717, 1.165) is 22.0 Å². The first kappa shape index (κ1) is 23.0. The van der Waals surface area contributed by atoms with Crippen LogP contribution in [0.4, 0.5) is 0 Å². The van der Waals surface area contributed by atoms with E-state index in [1.807, 2.05) is 54.6 Å². The molecule has 176 valence electrons. The fraction of sp³-hybridized carbons (Fsp3) is 0.222. The van der Waals surface area contributed by atoms with Crippen molar-refractivity contribution in [2.75, 3.05) is 28.4 Å². The highest BCUT2D eigenvalue weighted by Crippen LogP contribution is 2.32. The van der Waals surface area contributed by atoms with Crippen molar-refractivity contribution in [3.63, 3.8) is 0 Å². The highest BCUT2D eigenvalue weighted by molar-refractivity contribution is 5.99. The number of H-pyrrole nitrogens is 1. The minimum atomic E-state index is -0.138. The molecule has 34 heavy (non-hydrogen) atoms. The number of carbonyl (C=O) groups excluding carboxylic acids is 1.